The van der Waals surface area contributed by atoms with Crippen molar-refractivity contribution in [3.8, 4) is 17.6 Å². The van der Waals surface area contributed by atoms with Gasteiger partial charge in [-0.05, 0) is 12.1 Å². The zero-order valence-electron chi connectivity index (χ0n) is 8.14. The van der Waals surface area contributed by atoms with Crippen LogP contribution in [0.2, 0.25) is 0 Å². The number of hydrogen-bond donors (Lipinski definition) is 2. The molecule has 1 aromatic carbocycles. The average Bonchev–Trinajstić information content (AvgIpc) is 2.25. The van der Waals surface area contributed by atoms with E-state index in [4.69, 9.17) is 15.7 Å². The van der Waals surface area contributed by atoms with Crippen molar-refractivity contribution in [2.45, 2.75) is 0 Å². The Morgan fingerprint density at radius 1 is 1.62 bits per heavy atom. The number of primary amides is 1. The lowest BCUT2D eigenvalue weighted by Gasteiger charge is -2.08. The highest BCUT2D eigenvalue weighted by atomic mass is 16.5. The Morgan fingerprint density at radius 2 is 2.31 bits per heavy atom. The number of nitriles is 1. The Labute approximate surface area is 90.9 Å². The van der Waals surface area contributed by atoms with Gasteiger partial charge < -0.3 is 15.6 Å². The maximum absolute atomic E-state index is 10.7. The van der Waals surface area contributed by atoms with E-state index < -0.39 is 12.5 Å². The SMILES string of the molecule is N#Cc1cc(O)c(C=O)c(OCC(N)=O)c1. The number of carbonyl (C=O) groups is 2. The Balaban J connectivity index is 3.13. The molecule has 1 rings (SSSR count). The van der Waals surface area contributed by atoms with Crippen molar-refractivity contribution in [3.05, 3.63) is 23.3 Å². The second kappa shape index (κ2) is 4.79. The lowest BCUT2D eigenvalue weighted by Crippen LogP contribution is -2.20. The minimum Gasteiger partial charge on any atom is -0.507 e. The molecule has 82 valence electrons. The van der Waals surface area contributed by atoms with Gasteiger partial charge >= 0.3 is 0 Å². The summed E-state index contributed by atoms with van der Waals surface area (Å²) in [7, 11) is 0. The molecular weight excluding hydrogens is 212 g/mol. The quantitative estimate of drug-likeness (QED) is 0.690. The van der Waals surface area contributed by atoms with Gasteiger partial charge in [-0.2, -0.15) is 5.26 Å². The fourth-order valence-corrected chi connectivity index (χ4v) is 1.06. The van der Waals surface area contributed by atoms with E-state index in [0.29, 0.717) is 6.29 Å². The van der Waals surface area contributed by atoms with Crippen LogP contribution in [0.4, 0.5) is 0 Å². The molecule has 0 heterocycles. The first-order valence-corrected chi connectivity index (χ1v) is 4.22. The summed E-state index contributed by atoms with van der Waals surface area (Å²) < 4.78 is 4.90. The Kier molecular flexibility index (Phi) is 3.45. The fourth-order valence-electron chi connectivity index (χ4n) is 1.06. The average molecular weight is 220 g/mol. The molecule has 0 aromatic heterocycles. The van der Waals surface area contributed by atoms with E-state index >= 15 is 0 Å². The molecule has 0 aliphatic carbocycles. The number of rotatable bonds is 4. The third-order valence-electron chi connectivity index (χ3n) is 1.74. The number of aromatic hydroxyl groups is 1. The van der Waals surface area contributed by atoms with Gasteiger partial charge in [-0.1, -0.05) is 0 Å². The molecule has 0 saturated heterocycles. The van der Waals surface area contributed by atoms with Gasteiger partial charge in [-0.3, -0.25) is 9.59 Å². The van der Waals surface area contributed by atoms with Gasteiger partial charge in [0.2, 0.25) is 0 Å². The van der Waals surface area contributed by atoms with Crippen LogP contribution in [0.25, 0.3) is 0 Å². The summed E-state index contributed by atoms with van der Waals surface area (Å²) in [6.07, 6.45) is 0.368. The number of ether oxygens (including phenoxy) is 1. The van der Waals surface area contributed by atoms with Crippen molar-refractivity contribution in [2.24, 2.45) is 5.73 Å². The van der Waals surface area contributed by atoms with Gasteiger partial charge in [-0.25, -0.2) is 0 Å². The third kappa shape index (κ3) is 2.48. The van der Waals surface area contributed by atoms with Crippen LogP contribution in [-0.2, 0) is 4.79 Å². The van der Waals surface area contributed by atoms with Crippen LogP contribution in [-0.4, -0.2) is 23.9 Å². The van der Waals surface area contributed by atoms with Crippen molar-refractivity contribution < 1.29 is 19.4 Å². The van der Waals surface area contributed by atoms with E-state index in [1.165, 1.54) is 6.07 Å². The van der Waals surface area contributed by atoms with Crippen molar-refractivity contribution in [2.75, 3.05) is 6.61 Å². The molecule has 0 atom stereocenters. The van der Waals surface area contributed by atoms with Gasteiger partial charge in [-0.15, -0.1) is 0 Å². The predicted molar refractivity (Wildman–Crippen MR) is 52.9 cm³/mol. The fraction of sp³-hybridized carbons (Fsp3) is 0.100. The number of phenolic OH excluding ortho intramolecular Hbond substituents is 1. The van der Waals surface area contributed by atoms with E-state index in [9.17, 15) is 14.7 Å². The van der Waals surface area contributed by atoms with E-state index in [1.807, 2.05) is 0 Å². The zero-order chi connectivity index (χ0) is 12.1. The van der Waals surface area contributed by atoms with Crippen LogP contribution in [0.15, 0.2) is 12.1 Å². The molecule has 0 fully saturated rings. The van der Waals surface area contributed by atoms with E-state index in [-0.39, 0.29) is 22.6 Å². The molecule has 0 saturated carbocycles. The molecule has 0 aliphatic rings. The molecule has 1 amide bonds. The Hall–Kier alpha value is -2.55. The standard InChI is InChI=1S/C10H8N2O4/c11-3-6-1-8(14)7(4-13)9(2-6)16-5-10(12)15/h1-2,4,14H,5H2,(H2,12,15). The number of carbonyl (C=O) groups excluding carboxylic acids is 2. The lowest BCUT2D eigenvalue weighted by atomic mass is 10.1. The number of hydrogen-bond acceptors (Lipinski definition) is 5. The summed E-state index contributed by atoms with van der Waals surface area (Å²) in [5, 5.41) is 18.0. The molecule has 0 unspecified atom stereocenters. The smallest absolute Gasteiger partial charge is 0.255 e. The first-order chi connectivity index (χ1) is 7.58. The number of benzene rings is 1. The predicted octanol–water partition coefficient (Wildman–Crippen LogP) is -0.0595. The lowest BCUT2D eigenvalue weighted by molar-refractivity contribution is -0.119. The van der Waals surface area contributed by atoms with Gasteiger partial charge in [0.15, 0.2) is 12.9 Å². The van der Waals surface area contributed by atoms with Crippen molar-refractivity contribution in [3.63, 3.8) is 0 Å². The van der Waals surface area contributed by atoms with Gasteiger partial charge in [0.05, 0.1) is 17.2 Å². The third-order valence-corrected chi connectivity index (χ3v) is 1.74. The van der Waals surface area contributed by atoms with E-state index in [2.05, 4.69) is 0 Å². The summed E-state index contributed by atoms with van der Waals surface area (Å²) >= 11 is 0. The normalized spacial score (nSPS) is 9.19. The van der Waals surface area contributed by atoms with Crippen LogP contribution < -0.4 is 10.5 Å². The summed E-state index contributed by atoms with van der Waals surface area (Å²) in [5.41, 5.74) is 4.85. The first kappa shape index (κ1) is 11.5. The van der Waals surface area contributed by atoms with Gasteiger partial charge in [0.1, 0.15) is 11.5 Å². The van der Waals surface area contributed by atoms with Crippen LogP contribution in [0, 0.1) is 11.3 Å². The van der Waals surface area contributed by atoms with E-state index in [1.54, 1.807) is 6.07 Å². The van der Waals surface area contributed by atoms with Crippen molar-refractivity contribution in [1.29, 1.82) is 5.26 Å². The van der Waals surface area contributed by atoms with Gasteiger partial charge in [0, 0.05) is 0 Å². The van der Waals surface area contributed by atoms with Crippen LogP contribution in [0.3, 0.4) is 0 Å². The Morgan fingerprint density at radius 3 is 2.81 bits per heavy atom. The van der Waals surface area contributed by atoms with E-state index in [0.717, 1.165) is 6.07 Å². The topological polar surface area (TPSA) is 113 Å². The second-order valence-corrected chi connectivity index (χ2v) is 2.89. The molecule has 0 aliphatic heterocycles. The van der Waals surface area contributed by atoms with Crippen molar-refractivity contribution >= 4 is 12.2 Å². The molecule has 16 heavy (non-hydrogen) atoms. The summed E-state index contributed by atoms with van der Waals surface area (Å²) in [5.74, 6) is -1.16. The van der Waals surface area contributed by atoms with Crippen LogP contribution in [0.5, 0.6) is 11.5 Å². The maximum atomic E-state index is 10.7. The summed E-state index contributed by atoms with van der Waals surface area (Å²) in [4.78, 5) is 21.1. The largest absolute Gasteiger partial charge is 0.507 e. The van der Waals surface area contributed by atoms with Crippen LogP contribution in [0.1, 0.15) is 15.9 Å². The van der Waals surface area contributed by atoms with Crippen molar-refractivity contribution in [1.82, 2.24) is 0 Å². The molecule has 6 nitrogen and oxygen atoms in total. The number of amides is 1. The molecule has 0 spiro atoms. The molecule has 3 N–H and O–H groups in total. The monoisotopic (exact) mass is 220 g/mol. The molecular formula is C10H8N2O4. The maximum Gasteiger partial charge on any atom is 0.255 e. The first-order valence-electron chi connectivity index (χ1n) is 4.22. The number of phenols is 1. The highest BCUT2D eigenvalue weighted by Crippen LogP contribution is 2.27. The highest BCUT2D eigenvalue weighted by Gasteiger charge is 2.11. The van der Waals surface area contributed by atoms with Gasteiger partial charge in [0.25, 0.3) is 5.91 Å². The summed E-state index contributed by atoms with van der Waals surface area (Å²) in [6, 6.07) is 4.14. The number of nitrogens with zero attached hydrogens (tertiary/aromatic N) is 1. The molecule has 0 radical (unpaired) electrons. The minimum atomic E-state index is -0.723. The summed E-state index contributed by atoms with van der Waals surface area (Å²) in [6.45, 7) is -0.435. The minimum absolute atomic E-state index is 0.0506. The molecule has 1 aromatic rings. The molecule has 6 heteroatoms. The number of nitrogens with two attached hydrogens (primary N) is 1. The molecule has 0 bridgehead atoms. The number of aldehydes is 1. The second-order valence-electron chi connectivity index (χ2n) is 2.89. The van der Waals surface area contributed by atoms with Crippen LogP contribution >= 0.6 is 0 Å². The zero-order valence-corrected chi connectivity index (χ0v) is 8.14. The highest BCUT2D eigenvalue weighted by molar-refractivity contribution is 5.84. The Bertz CT molecular complexity index is 476.